The second-order valence-electron chi connectivity index (χ2n) is 9.98. The number of ether oxygens (including phenoxy) is 2. The summed E-state index contributed by atoms with van der Waals surface area (Å²) in [6.45, 7) is 6.27. The van der Waals surface area contributed by atoms with Crippen molar-refractivity contribution in [2.75, 3.05) is 62.5 Å². The van der Waals surface area contributed by atoms with E-state index in [1.54, 1.807) is 43.4 Å². The molecule has 0 atom stereocenters. The topological polar surface area (TPSA) is 103 Å². The van der Waals surface area contributed by atoms with Crippen molar-refractivity contribution in [1.29, 1.82) is 0 Å². The normalized spacial score (nSPS) is 13.0. The Bertz CT molecular complexity index is 1320. The van der Waals surface area contributed by atoms with Crippen molar-refractivity contribution in [3.05, 3.63) is 78.4 Å². The third kappa shape index (κ3) is 7.69. The van der Waals surface area contributed by atoms with Crippen molar-refractivity contribution in [2.24, 2.45) is 0 Å². The highest BCUT2D eigenvalue weighted by Crippen LogP contribution is 2.21. The molecule has 1 heterocycles. The molecule has 0 unspecified atom stereocenters. The molecule has 4 rings (SSSR count). The molecule has 3 aromatic carbocycles. The first kappa shape index (κ1) is 29.3. The maximum absolute atomic E-state index is 13.0. The zero-order chi connectivity index (χ0) is 29.4. The maximum atomic E-state index is 13.0. The summed E-state index contributed by atoms with van der Waals surface area (Å²) in [5.41, 5.74) is 2.88. The summed E-state index contributed by atoms with van der Waals surface area (Å²) in [5.74, 6) is 0.908. The number of nitrogens with one attached hydrogen (secondary N) is 2. The highest BCUT2D eigenvalue weighted by atomic mass is 16.5. The van der Waals surface area contributed by atoms with E-state index in [2.05, 4.69) is 15.5 Å². The van der Waals surface area contributed by atoms with Crippen molar-refractivity contribution >= 4 is 34.9 Å². The Morgan fingerprint density at radius 3 is 1.80 bits per heavy atom. The minimum absolute atomic E-state index is 0.0647. The van der Waals surface area contributed by atoms with E-state index in [0.29, 0.717) is 43.2 Å². The predicted molar refractivity (Wildman–Crippen MR) is 160 cm³/mol. The van der Waals surface area contributed by atoms with Gasteiger partial charge in [0, 0.05) is 54.8 Å². The van der Waals surface area contributed by atoms with E-state index in [1.807, 2.05) is 62.4 Å². The third-order valence-electron chi connectivity index (χ3n) is 6.96. The Balaban J connectivity index is 1.27. The van der Waals surface area contributed by atoms with Gasteiger partial charge >= 0.3 is 6.03 Å². The number of urea groups is 1. The standard InChI is InChI=1S/C31H37N5O5/c1-22(2)36(30(38)23-5-13-27(40-3)14-6-23)21-29(37)32-24-7-11-26(12-8-24)34-17-19-35(20-18-34)31(39)33-25-9-15-28(41-4)16-10-25/h5-16,22H,17-21H2,1-4H3,(H,32,37)(H,33,39). The molecule has 10 heteroatoms. The van der Waals surface area contributed by atoms with Crippen LogP contribution in [0.2, 0.25) is 0 Å². The van der Waals surface area contributed by atoms with Crippen LogP contribution in [-0.2, 0) is 4.79 Å². The molecule has 0 aliphatic carbocycles. The van der Waals surface area contributed by atoms with Crippen LogP contribution in [0.25, 0.3) is 0 Å². The number of rotatable bonds is 9. The number of anilines is 3. The molecule has 1 saturated heterocycles. The Morgan fingerprint density at radius 2 is 1.27 bits per heavy atom. The number of amides is 4. The largest absolute Gasteiger partial charge is 0.497 e. The lowest BCUT2D eigenvalue weighted by atomic mass is 10.1. The van der Waals surface area contributed by atoms with Crippen molar-refractivity contribution in [2.45, 2.75) is 19.9 Å². The maximum Gasteiger partial charge on any atom is 0.321 e. The molecule has 4 amide bonds. The zero-order valence-electron chi connectivity index (χ0n) is 23.9. The van der Waals surface area contributed by atoms with E-state index in [-0.39, 0.29) is 30.4 Å². The molecule has 0 bridgehead atoms. The molecule has 0 radical (unpaired) electrons. The third-order valence-corrected chi connectivity index (χ3v) is 6.96. The summed E-state index contributed by atoms with van der Waals surface area (Å²) in [6, 6.07) is 21.4. The fraction of sp³-hybridized carbons (Fsp3) is 0.323. The fourth-order valence-electron chi connectivity index (χ4n) is 4.54. The molecular weight excluding hydrogens is 522 g/mol. The smallest absolute Gasteiger partial charge is 0.321 e. The van der Waals surface area contributed by atoms with Gasteiger partial charge in [0.2, 0.25) is 5.91 Å². The summed E-state index contributed by atoms with van der Waals surface area (Å²) in [6.07, 6.45) is 0. The summed E-state index contributed by atoms with van der Waals surface area (Å²) >= 11 is 0. The minimum atomic E-state index is -0.273. The van der Waals surface area contributed by atoms with Crippen LogP contribution >= 0.6 is 0 Å². The van der Waals surface area contributed by atoms with Gasteiger partial charge in [0.25, 0.3) is 5.91 Å². The van der Waals surface area contributed by atoms with Crippen LogP contribution < -0.4 is 25.0 Å². The molecule has 0 aromatic heterocycles. The van der Waals surface area contributed by atoms with Crippen LogP contribution in [0.15, 0.2) is 72.8 Å². The average Bonchev–Trinajstić information content (AvgIpc) is 3.00. The summed E-state index contributed by atoms with van der Waals surface area (Å²) < 4.78 is 10.3. The van der Waals surface area contributed by atoms with E-state index in [1.165, 1.54) is 4.90 Å². The van der Waals surface area contributed by atoms with Crippen LogP contribution in [0.1, 0.15) is 24.2 Å². The number of hydrogen-bond acceptors (Lipinski definition) is 6. The molecule has 1 aliphatic rings. The zero-order valence-corrected chi connectivity index (χ0v) is 23.9. The Morgan fingerprint density at radius 1 is 0.756 bits per heavy atom. The molecule has 0 spiro atoms. The van der Waals surface area contributed by atoms with Gasteiger partial charge in [-0.1, -0.05) is 0 Å². The Labute approximate surface area is 240 Å². The summed E-state index contributed by atoms with van der Waals surface area (Å²) in [7, 11) is 3.17. The van der Waals surface area contributed by atoms with Gasteiger partial charge < -0.3 is 34.8 Å². The lowest BCUT2D eigenvalue weighted by Gasteiger charge is -2.36. The molecule has 3 aromatic rings. The molecule has 2 N–H and O–H groups in total. The number of methoxy groups -OCH3 is 2. The van der Waals surface area contributed by atoms with Gasteiger partial charge in [-0.2, -0.15) is 0 Å². The Hall–Kier alpha value is -4.73. The molecule has 216 valence electrons. The number of carbonyl (C=O) groups is 3. The van der Waals surface area contributed by atoms with Crippen LogP contribution in [0.4, 0.5) is 21.9 Å². The van der Waals surface area contributed by atoms with Gasteiger partial charge in [-0.15, -0.1) is 0 Å². The highest BCUT2D eigenvalue weighted by molar-refractivity contribution is 5.99. The second kappa shape index (κ2) is 13.6. The number of piperazine rings is 1. The van der Waals surface area contributed by atoms with Gasteiger partial charge in [0.15, 0.2) is 0 Å². The lowest BCUT2D eigenvalue weighted by molar-refractivity contribution is -0.117. The first-order valence-corrected chi connectivity index (χ1v) is 13.6. The number of hydrogen-bond donors (Lipinski definition) is 2. The molecule has 1 fully saturated rings. The van der Waals surface area contributed by atoms with Crippen molar-refractivity contribution in [1.82, 2.24) is 9.80 Å². The molecule has 1 aliphatic heterocycles. The van der Waals surface area contributed by atoms with Crippen LogP contribution in [0, 0.1) is 0 Å². The average molecular weight is 560 g/mol. The van der Waals surface area contributed by atoms with Crippen LogP contribution in [0.3, 0.4) is 0 Å². The SMILES string of the molecule is COc1ccc(NC(=O)N2CCN(c3ccc(NC(=O)CN(C(=O)c4ccc(OC)cc4)C(C)C)cc3)CC2)cc1. The highest BCUT2D eigenvalue weighted by Gasteiger charge is 2.23. The molecular formula is C31H37N5O5. The van der Waals surface area contributed by atoms with E-state index in [9.17, 15) is 14.4 Å². The van der Waals surface area contributed by atoms with Crippen molar-refractivity contribution in [3.63, 3.8) is 0 Å². The second-order valence-corrected chi connectivity index (χ2v) is 9.98. The van der Waals surface area contributed by atoms with Gasteiger partial charge in [0.05, 0.1) is 14.2 Å². The molecule has 10 nitrogen and oxygen atoms in total. The van der Waals surface area contributed by atoms with E-state index < -0.39 is 0 Å². The lowest BCUT2D eigenvalue weighted by Crippen LogP contribution is -2.50. The quantitative estimate of drug-likeness (QED) is 0.399. The first-order valence-electron chi connectivity index (χ1n) is 13.6. The van der Waals surface area contributed by atoms with E-state index >= 15 is 0 Å². The van der Waals surface area contributed by atoms with Gasteiger partial charge in [-0.05, 0) is 86.6 Å². The van der Waals surface area contributed by atoms with E-state index in [0.717, 1.165) is 17.1 Å². The summed E-state index contributed by atoms with van der Waals surface area (Å²) in [4.78, 5) is 44.1. The number of benzene rings is 3. The number of nitrogens with zero attached hydrogens (tertiary/aromatic N) is 3. The van der Waals surface area contributed by atoms with Gasteiger partial charge in [-0.3, -0.25) is 9.59 Å². The fourth-order valence-corrected chi connectivity index (χ4v) is 4.54. The predicted octanol–water partition coefficient (Wildman–Crippen LogP) is 4.55. The summed E-state index contributed by atoms with van der Waals surface area (Å²) in [5, 5.41) is 5.82. The van der Waals surface area contributed by atoms with Crippen molar-refractivity contribution < 1.29 is 23.9 Å². The van der Waals surface area contributed by atoms with Crippen molar-refractivity contribution in [3.8, 4) is 11.5 Å². The van der Waals surface area contributed by atoms with Gasteiger partial charge in [0.1, 0.15) is 18.0 Å². The molecule has 0 saturated carbocycles. The monoisotopic (exact) mass is 559 g/mol. The van der Waals surface area contributed by atoms with Crippen LogP contribution in [0.5, 0.6) is 11.5 Å². The number of carbonyl (C=O) groups excluding carboxylic acids is 3. The van der Waals surface area contributed by atoms with E-state index in [4.69, 9.17) is 9.47 Å². The minimum Gasteiger partial charge on any atom is -0.497 e. The first-order chi connectivity index (χ1) is 19.8. The Kier molecular flexibility index (Phi) is 9.68. The van der Waals surface area contributed by atoms with Crippen LogP contribution in [-0.4, -0.2) is 80.6 Å². The van der Waals surface area contributed by atoms with Gasteiger partial charge in [-0.25, -0.2) is 4.79 Å². The molecule has 41 heavy (non-hydrogen) atoms.